The summed E-state index contributed by atoms with van der Waals surface area (Å²) in [6.07, 6.45) is 0. The second-order valence-electron chi connectivity index (χ2n) is 4.18. The predicted molar refractivity (Wildman–Crippen MR) is 76.3 cm³/mol. The van der Waals surface area contributed by atoms with Crippen LogP contribution in [0.3, 0.4) is 0 Å². The van der Waals surface area contributed by atoms with Crippen molar-refractivity contribution in [1.82, 2.24) is 9.62 Å². The molecule has 0 aliphatic heterocycles. The normalized spacial score (nSPS) is 11.2. The minimum absolute atomic E-state index is 0.00181. The van der Waals surface area contributed by atoms with Gasteiger partial charge in [0.15, 0.2) is 0 Å². The van der Waals surface area contributed by atoms with Crippen molar-refractivity contribution in [2.75, 3.05) is 27.2 Å². The minimum Gasteiger partial charge on any atom is -0.462 e. The molecule has 0 bridgehead atoms. The maximum Gasteiger partial charge on any atom is 0.338 e. The highest BCUT2D eigenvalue weighted by atomic mass is 32.2. The van der Waals surface area contributed by atoms with Gasteiger partial charge in [0, 0.05) is 14.1 Å². The second-order valence-corrected chi connectivity index (χ2v) is 6.22. The highest BCUT2D eigenvalue weighted by molar-refractivity contribution is 7.89. The molecule has 0 atom stereocenters. The first kappa shape index (κ1) is 17.1. The molecule has 0 aliphatic rings. The third kappa shape index (κ3) is 4.27. The Morgan fingerprint density at radius 1 is 1.24 bits per heavy atom. The van der Waals surface area contributed by atoms with E-state index in [0.717, 1.165) is 4.31 Å². The maximum absolute atomic E-state index is 12.2. The summed E-state index contributed by atoms with van der Waals surface area (Å²) in [5.74, 6) is -0.926. The van der Waals surface area contributed by atoms with Gasteiger partial charge in [-0.3, -0.25) is 4.79 Å². The molecule has 8 heteroatoms. The van der Waals surface area contributed by atoms with E-state index >= 15 is 0 Å². The van der Waals surface area contributed by atoms with Crippen molar-refractivity contribution in [3.05, 3.63) is 29.8 Å². The average Bonchev–Trinajstić information content (AvgIpc) is 2.47. The third-order valence-electron chi connectivity index (χ3n) is 2.72. The number of benzene rings is 1. The topological polar surface area (TPSA) is 92.8 Å². The fourth-order valence-electron chi connectivity index (χ4n) is 1.52. The maximum atomic E-state index is 12.2. The monoisotopic (exact) mass is 314 g/mol. The van der Waals surface area contributed by atoms with Gasteiger partial charge in [0.1, 0.15) is 0 Å². The van der Waals surface area contributed by atoms with Crippen LogP contribution in [0.2, 0.25) is 0 Å². The second kappa shape index (κ2) is 7.19. The fourth-order valence-corrected chi connectivity index (χ4v) is 2.65. The number of ether oxygens (including phenoxy) is 1. The molecular formula is C13H18N2O5S. The SMILES string of the molecule is CCOC(=O)c1ccc(S(=O)(=O)N(C)CC(=O)NC)cc1. The lowest BCUT2D eigenvalue weighted by Gasteiger charge is -2.16. The summed E-state index contributed by atoms with van der Waals surface area (Å²) < 4.78 is 30.2. The number of amides is 1. The fraction of sp³-hybridized carbons (Fsp3) is 0.385. The molecule has 1 aromatic rings. The number of sulfonamides is 1. The van der Waals surface area contributed by atoms with Crippen molar-refractivity contribution in [1.29, 1.82) is 0 Å². The lowest BCUT2D eigenvalue weighted by Crippen LogP contribution is -2.36. The van der Waals surface area contributed by atoms with Crippen LogP contribution in [-0.2, 0) is 19.6 Å². The van der Waals surface area contributed by atoms with Crippen LogP contribution in [0.5, 0.6) is 0 Å². The number of rotatable bonds is 6. The van der Waals surface area contributed by atoms with Crippen molar-refractivity contribution in [2.24, 2.45) is 0 Å². The summed E-state index contributed by atoms with van der Waals surface area (Å²) in [5, 5.41) is 2.35. The highest BCUT2D eigenvalue weighted by Crippen LogP contribution is 2.15. The van der Waals surface area contributed by atoms with Crippen molar-refractivity contribution >= 4 is 21.9 Å². The van der Waals surface area contributed by atoms with E-state index in [1.54, 1.807) is 6.92 Å². The molecular weight excluding hydrogens is 296 g/mol. The van der Waals surface area contributed by atoms with Gasteiger partial charge in [-0.05, 0) is 31.2 Å². The van der Waals surface area contributed by atoms with Gasteiger partial charge < -0.3 is 10.1 Å². The van der Waals surface area contributed by atoms with Crippen LogP contribution < -0.4 is 5.32 Å². The Kier molecular flexibility index (Phi) is 5.86. The summed E-state index contributed by atoms with van der Waals surface area (Å²) >= 11 is 0. The summed E-state index contributed by atoms with van der Waals surface area (Å²) in [6.45, 7) is 1.65. The van der Waals surface area contributed by atoms with Gasteiger partial charge in [0.2, 0.25) is 15.9 Å². The van der Waals surface area contributed by atoms with Crippen LogP contribution in [0.1, 0.15) is 17.3 Å². The van der Waals surface area contributed by atoms with Gasteiger partial charge in [-0.2, -0.15) is 4.31 Å². The highest BCUT2D eigenvalue weighted by Gasteiger charge is 2.22. The zero-order valence-corrected chi connectivity index (χ0v) is 12.9. The number of likely N-dealkylation sites (N-methyl/N-ethyl adjacent to an activating group) is 2. The first-order valence-corrected chi connectivity index (χ1v) is 7.71. The smallest absolute Gasteiger partial charge is 0.338 e. The van der Waals surface area contributed by atoms with Gasteiger partial charge in [-0.1, -0.05) is 0 Å². The Bertz CT molecular complexity index is 610. The lowest BCUT2D eigenvalue weighted by atomic mass is 10.2. The van der Waals surface area contributed by atoms with Gasteiger partial charge in [-0.15, -0.1) is 0 Å². The molecule has 7 nitrogen and oxygen atoms in total. The predicted octanol–water partition coefficient (Wildman–Crippen LogP) is 0.230. The Hall–Kier alpha value is -1.93. The largest absolute Gasteiger partial charge is 0.462 e. The summed E-state index contributed by atoms with van der Waals surface area (Å²) in [7, 11) is -1.04. The van der Waals surface area contributed by atoms with E-state index in [2.05, 4.69) is 5.32 Å². The molecule has 0 aromatic heterocycles. The Morgan fingerprint density at radius 3 is 2.29 bits per heavy atom. The van der Waals surface area contributed by atoms with Gasteiger partial charge >= 0.3 is 5.97 Å². The van der Waals surface area contributed by atoms with E-state index < -0.39 is 21.9 Å². The number of nitrogens with one attached hydrogen (secondary N) is 1. The molecule has 1 N–H and O–H groups in total. The summed E-state index contributed by atoms with van der Waals surface area (Å²) in [5.41, 5.74) is 0.268. The molecule has 0 spiro atoms. The lowest BCUT2D eigenvalue weighted by molar-refractivity contribution is -0.120. The van der Waals surface area contributed by atoms with E-state index in [1.165, 1.54) is 38.4 Å². The molecule has 0 saturated heterocycles. The van der Waals surface area contributed by atoms with Crippen molar-refractivity contribution in [3.8, 4) is 0 Å². The van der Waals surface area contributed by atoms with Crippen LogP contribution in [0.25, 0.3) is 0 Å². The van der Waals surface area contributed by atoms with Crippen LogP contribution in [0.4, 0.5) is 0 Å². The molecule has 1 amide bonds. The number of esters is 1. The zero-order chi connectivity index (χ0) is 16.0. The van der Waals surface area contributed by atoms with Gasteiger partial charge in [0.25, 0.3) is 0 Å². The number of carbonyl (C=O) groups is 2. The molecule has 21 heavy (non-hydrogen) atoms. The Labute approximate surface area is 123 Å². The minimum atomic E-state index is -3.78. The van der Waals surface area contributed by atoms with Gasteiger partial charge in [0.05, 0.1) is 23.6 Å². The quantitative estimate of drug-likeness (QED) is 0.759. The standard InChI is InChI=1S/C13H18N2O5S/c1-4-20-13(17)10-5-7-11(8-6-10)21(18,19)15(3)9-12(16)14-2/h5-8H,4,9H2,1-3H3,(H,14,16). The Morgan fingerprint density at radius 2 is 1.81 bits per heavy atom. The number of hydrogen-bond donors (Lipinski definition) is 1. The number of nitrogens with zero attached hydrogens (tertiary/aromatic N) is 1. The molecule has 0 aliphatic carbocycles. The average molecular weight is 314 g/mol. The molecule has 0 heterocycles. The van der Waals surface area contributed by atoms with Gasteiger partial charge in [-0.25, -0.2) is 13.2 Å². The van der Waals surface area contributed by atoms with Crippen molar-refractivity contribution in [3.63, 3.8) is 0 Å². The van der Waals surface area contributed by atoms with E-state index in [1.807, 2.05) is 0 Å². The van der Waals surface area contributed by atoms with Crippen LogP contribution >= 0.6 is 0 Å². The first-order valence-electron chi connectivity index (χ1n) is 6.27. The van der Waals surface area contributed by atoms with Crippen molar-refractivity contribution in [2.45, 2.75) is 11.8 Å². The number of hydrogen-bond acceptors (Lipinski definition) is 5. The van der Waals surface area contributed by atoms with E-state index in [9.17, 15) is 18.0 Å². The van der Waals surface area contributed by atoms with Crippen LogP contribution in [0.15, 0.2) is 29.2 Å². The molecule has 1 rings (SSSR count). The molecule has 0 radical (unpaired) electrons. The van der Waals surface area contributed by atoms with Crippen LogP contribution in [-0.4, -0.2) is 51.8 Å². The molecule has 1 aromatic carbocycles. The van der Waals surface area contributed by atoms with Crippen LogP contribution in [0, 0.1) is 0 Å². The third-order valence-corrected chi connectivity index (χ3v) is 4.54. The summed E-state index contributed by atoms with van der Waals surface area (Å²) in [6, 6.07) is 5.36. The zero-order valence-electron chi connectivity index (χ0n) is 12.1. The Balaban J connectivity index is 2.94. The first-order chi connectivity index (χ1) is 9.82. The molecule has 0 saturated carbocycles. The molecule has 116 valence electrons. The van der Waals surface area contributed by atoms with E-state index in [4.69, 9.17) is 4.74 Å². The molecule has 0 unspecified atom stereocenters. The van der Waals surface area contributed by atoms with E-state index in [0.29, 0.717) is 0 Å². The summed E-state index contributed by atoms with van der Waals surface area (Å²) in [4.78, 5) is 22.7. The van der Waals surface area contributed by atoms with E-state index in [-0.39, 0.29) is 23.6 Å². The number of carbonyl (C=O) groups excluding carboxylic acids is 2. The van der Waals surface area contributed by atoms with Crippen molar-refractivity contribution < 1.29 is 22.7 Å². The molecule has 0 fully saturated rings.